The molecule has 4 nitrogen and oxygen atoms in total. The maximum Gasteiger partial charge on any atom is 0.253 e. The van der Waals surface area contributed by atoms with E-state index in [4.69, 9.17) is 4.74 Å². The van der Waals surface area contributed by atoms with Gasteiger partial charge in [0.05, 0.1) is 18.3 Å². The number of aromatic nitrogens is 2. The first-order valence-corrected chi connectivity index (χ1v) is 8.97. The van der Waals surface area contributed by atoms with Gasteiger partial charge in [-0.2, -0.15) is 4.37 Å². The van der Waals surface area contributed by atoms with Crippen molar-refractivity contribution in [2.24, 2.45) is 5.92 Å². The van der Waals surface area contributed by atoms with Crippen LogP contribution in [0, 0.1) is 5.92 Å². The Hall–Kier alpha value is -0.940. The van der Waals surface area contributed by atoms with E-state index in [0.29, 0.717) is 6.04 Å². The van der Waals surface area contributed by atoms with Crippen LogP contribution in [0.5, 0.6) is 5.88 Å². The summed E-state index contributed by atoms with van der Waals surface area (Å²) in [4.78, 5) is 0. The molecule has 116 valence electrons. The quantitative estimate of drug-likeness (QED) is 0.902. The molecule has 1 aliphatic heterocycles. The number of rotatable bonds is 5. The van der Waals surface area contributed by atoms with Crippen molar-refractivity contribution in [2.45, 2.75) is 57.9 Å². The number of hydrogen-bond acceptors (Lipinski definition) is 5. The molecular formula is C16H25N3OS. The molecule has 2 heterocycles. The zero-order chi connectivity index (χ0) is 14.5. The molecule has 0 spiro atoms. The summed E-state index contributed by atoms with van der Waals surface area (Å²) in [6, 6.07) is 0.336. The molecule has 0 saturated heterocycles. The van der Waals surface area contributed by atoms with Crippen LogP contribution in [0.1, 0.15) is 57.6 Å². The third kappa shape index (κ3) is 3.83. The minimum atomic E-state index is 0.336. The predicted octanol–water partition coefficient (Wildman–Crippen LogP) is 3.65. The van der Waals surface area contributed by atoms with Crippen LogP contribution in [-0.2, 0) is 0 Å². The highest BCUT2D eigenvalue weighted by molar-refractivity contribution is 6.99. The first-order chi connectivity index (χ1) is 10.3. The summed E-state index contributed by atoms with van der Waals surface area (Å²) in [5.41, 5.74) is 2.19. The topological polar surface area (TPSA) is 47.0 Å². The molecule has 0 amide bonds. The van der Waals surface area contributed by atoms with E-state index in [-0.39, 0.29) is 0 Å². The summed E-state index contributed by atoms with van der Waals surface area (Å²) >= 11 is 1.25. The molecule has 2 aliphatic rings. The monoisotopic (exact) mass is 307 g/mol. The molecule has 0 bridgehead atoms. The summed E-state index contributed by atoms with van der Waals surface area (Å²) in [6.07, 6.45) is 11.4. The van der Waals surface area contributed by atoms with E-state index < -0.39 is 0 Å². The SMILES string of the molecule is CC1NCCC=C1c1nsnc1OCCC1CCCCC1. The fraction of sp³-hybridized carbons (Fsp3) is 0.750. The van der Waals surface area contributed by atoms with Gasteiger partial charge >= 0.3 is 0 Å². The van der Waals surface area contributed by atoms with E-state index in [0.717, 1.165) is 43.5 Å². The molecule has 3 rings (SSSR count). The molecule has 21 heavy (non-hydrogen) atoms. The van der Waals surface area contributed by atoms with Crippen LogP contribution in [0.4, 0.5) is 0 Å². The fourth-order valence-electron chi connectivity index (χ4n) is 3.37. The zero-order valence-electron chi connectivity index (χ0n) is 12.8. The Labute approximate surface area is 131 Å². The molecular weight excluding hydrogens is 282 g/mol. The normalized spacial score (nSPS) is 23.9. The molecule has 0 aromatic carbocycles. The summed E-state index contributed by atoms with van der Waals surface area (Å²) in [7, 11) is 0. The van der Waals surface area contributed by atoms with Crippen molar-refractivity contribution in [3.8, 4) is 5.88 Å². The van der Waals surface area contributed by atoms with Gasteiger partial charge in [0, 0.05) is 6.04 Å². The van der Waals surface area contributed by atoms with Gasteiger partial charge in [-0.1, -0.05) is 38.2 Å². The van der Waals surface area contributed by atoms with Crippen molar-refractivity contribution in [1.29, 1.82) is 0 Å². The molecule has 1 aliphatic carbocycles. The van der Waals surface area contributed by atoms with E-state index in [9.17, 15) is 0 Å². The Kier molecular flexibility index (Phi) is 5.25. The average Bonchev–Trinajstić information content (AvgIpc) is 2.97. The van der Waals surface area contributed by atoms with Gasteiger partial charge in [0.1, 0.15) is 5.69 Å². The smallest absolute Gasteiger partial charge is 0.253 e. The highest BCUT2D eigenvalue weighted by Crippen LogP contribution is 2.30. The molecule has 1 aromatic heterocycles. The standard InChI is InChI=1S/C16H25N3OS/c1-12-14(8-5-10-17-12)15-16(19-21-18-15)20-11-9-13-6-3-2-4-7-13/h8,12-13,17H,2-7,9-11H2,1H3. The lowest BCUT2D eigenvalue weighted by Gasteiger charge is -2.22. The molecule has 1 aromatic rings. The zero-order valence-corrected chi connectivity index (χ0v) is 13.6. The Morgan fingerprint density at radius 3 is 2.95 bits per heavy atom. The maximum absolute atomic E-state index is 5.95. The second-order valence-corrected chi connectivity index (χ2v) is 6.71. The second kappa shape index (κ2) is 7.36. The van der Waals surface area contributed by atoms with Gasteiger partial charge in [0.25, 0.3) is 5.88 Å². The molecule has 0 radical (unpaired) electrons. The summed E-state index contributed by atoms with van der Waals surface area (Å²) in [5.74, 6) is 1.58. The van der Waals surface area contributed by atoms with Gasteiger partial charge in [0.15, 0.2) is 0 Å². The first kappa shape index (κ1) is 15.0. The number of ether oxygens (including phenoxy) is 1. The molecule has 5 heteroatoms. The van der Waals surface area contributed by atoms with Crippen molar-refractivity contribution in [1.82, 2.24) is 14.1 Å². The van der Waals surface area contributed by atoms with Gasteiger partial charge in [-0.05, 0) is 37.8 Å². The molecule has 1 unspecified atom stereocenters. The Bertz CT molecular complexity index is 480. The summed E-state index contributed by atoms with van der Waals surface area (Å²) in [6.45, 7) is 3.99. The minimum Gasteiger partial charge on any atom is -0.475 e. The summed E-state index contributed by atoms with van der Waals surface area (Å²) < 4.78 is 14.8. The van der Waals surface area contributed by atoms with Crippen LogP contribution in [0.2, 0.25) is 0 Å². The lowest BCUT2D eigenvalue weighted by atomic mass is 9.87. The Morgan fingerprint density at radius 1 is 1.29 bits per heavy atom. The van der Waals surface area contributed by atoms with Crippen LogP contribution in [0.15, 0.2) is 6.08 Å². The first-order valence-electron chi connectivity index (χ1n) is 8.24. The second-order valence-electron chi connectivity index (χ2n) is 6.18. The van der Waals surface area contributed by atoms with Crippen molar-refractivity contribution in [3.05, 3.63) is 11.8 Å². The van der Waals surface area contributed by atoms with Crippen molar-refractivity contribution in [3.63, 3.8) is 0 Å². The van der Waals surface area contributed by atoms with Crippen LogP contribution in [0.25, 0.3) is 5.57 Å². The largest absolute Gasteiger partial charge is 0.475 e. The van der Waals surface area contributed by atoms with E-state index in [1.54, 1.807) is 0 Å². The lowest BCUT2D eigenvalue weighted by molar-refractivity contribution is 0.241. The molecule has 1 saturated carbocycles. The molecule has 1 N–H and O–H groups in total. The van der Waals surface area contributed by atoms with Gasteiger partial charge < -0.3 is 10.1 Å². The van der Waals surface area contributed by atoms with Gasteiger partial charge in [-0.3, -0.25) is 0 Å². The van der Waals surface area contributed by atoms with Crippen LogP contribution in [-0.4, -0.2) is 27.9 Å². The predicted molar refractivity (Wildman–Crippen MR) is 86.7 cm³/mol. The highest BCUT2D eigenvalue weighted by Gasteiger charge is 2.21. The van der Waals surface area contributed by atoms with Crippen LogP contribution in [0.3, 0.4) is 0 Å². The minimum absolute atomic E-state index is 0.336. The highest BCUT2D eigenvalue weighted by atomic mass is 32.1. The number of nitrogens with one attached hydrogen (secondary N) is 1. The fourth-order valence-corrected chi connectivity index (χ4v) is 3.88. The van der Waals surface area contributed by atoms with Gasteiger partial charge in [0.2, 0.25) is 0 Å². The van der Waals surface area contributed by atoms with Crippen molar-refractivity contribution in [2.75, 3.05) is 13.2 Å². The van der Waals surface area contributed by atoms with Crippen molar-refractivity contribution < 1.29 is 4.74 Å². The Balaban J connectivity index is 1.56. The van der Waals surface area contributed by atoms with Crippen molar-refractivity contribution >= 4 is 17.3 Å². The van der Waals surface area contributed by atoms with Gasteiger partial charge in [-0.15, -0.1) is 4.37 Å². The van der Waals surface area contributed by atoms with Gasteiger partial charge in [-0.25, -0.2) is 0 Å². The number of hydrogen-bond donors (Lipinski definition) is 1. The third-order valence-electron chi connectivity index (χ3n) is 4.65. The van der Waals surface area contributed by atoms with Crippen LogP contribution >= 0.6 is 11.7 Å². The number of nitrogens with zero attached hydrogens (tertiary/aromatic N) is 2. The molecule has 1 atom stereocenters. The average molecular weight is 307 g/mol. The van der Waals surface area contributed by atoms with Crippen LogP contribution < -0.4 is 10.1 Å². The summed E-state index contributed by atoms with van der Waals surface area (Å²) in [5, 5.41) is 3.47. The van der Waals surface area contributed by atoms with E-state index in [1.165, 1.54) is 49.4 Å². The third-order valence-corrected chi connectivity index (χ3v) is 5.16. The van der Waals surface area contributed by atoms with E-state index in [1.807, 2.05) is 0 Å². The Morgan fingerprint density at radius 2 is 2.14 bits per heavy atom. The molecule has 1 fully saturated rings. The maximum atomic E-state index is 5.95. The van der Waals surface area contributed by atoms with E-state index >= 15 is 0 Å². The lowest BCUT2D eigenvalue weighted by Crippen LogP contribution is -2.31. The van der Waals surface area contributed by atoms with E-state index in [2.05, 4.69) is 27.1 Å².